The lowest BCUT2D eigenvalue weighted by Gasteiger charge is -2.09. The zero-order chi connectivity index (χ0) is 10.2. The molecular weight excluding hydrogens is 192 g/mol. The Labute approximate surface area is 76.9 Å². The molecule has 0 aliphatic carbocycles. The van der Waals surface area contributed by atoms with E-state index in [-0.39, 0.29) is 10.8 Å². The van der Waals surface area contributed by atoms with Gasteiger partial charge >= 0.3 is 0 Å². The standard InChI is InChI=1S/C8H8BF2OP/c1-13(2,12)6-4-3-5(9)7(10)8(6)11/h3-4H,1-2H3. The van der Waals surface area contributed by atoms with Gasteiger partial charge in [-0.1, -0.05) is 11.5 Å². The Balaban J connectivity index is 3.44. The minimum atomic E-state index is -2.77. The van der Waals surface area contributed by atoms with Crippen molar-refractivity contribution in [3.05, 3.63) is 23.8 Å². The summed E-state index contributed by atoms with van der Waals surface area (Å²) in [6, 6.07) is 2.47. The summed E-state index contributed by atoms with van der Waals surface area (Å²) in [5.74, 6) is -2.23. The molecule has 1 aromatic rings. The Bertz CT molecular complexity index is 386. The molecular formula is C8H8BF2OP. The topological polar surface area (TPSA) is 17.1 Å². The highest BCUT2D eigenvalue weighted by Gasteiger charge is 2.19. The van der Waals surface area contributed by atoms with Crippen molar-refractivity contribution in [2.75, 3.05) is 13.3 Å². The van der Waals surface area contributed by atoms with Gasteiger partial charge in [0.2, 0.25) is 0 Å². The van der Waals surface area contributed by atoms with Gasteiger partial charge in [-0.15, -0.1) is 0 Å². The van der Waals surface area contributed by atoms with E-state index in [1.54, 1.807) is 0 Å². The highest BCUT2D eigenvalue weighted by molar-refractivity contribution is 7.70. The predicted octanol–water partition coefficient (Wildman–Crippen LogP) is 1.01. The van der Waals surface area contributed by atoms with E-state index in [1.807, 2.05) is 0 Å². The van der Waals surface area contributed by atoms with Crippen LogP contribution in [0.25, 0.3) is 0 Å². The number of halogens is 2. The summed E-state index contributed by atoms with van der Waals surface area (Å²) in [6.07, 6.45) is 0. The first kappa shape index (κ1) is 10.5. The molecule has 0 unspecified atom stereocenters. The van der Waals surface area contributed by atoms with E-state index >= 15 is 0 Å². The van der Waals surface area contributed by atoms with Gasteiger partial charge in [0.05, 0.1) is 0 Å². The monoisotopic (exact) mass is 200 g/mol. The Morgan fingerprint density at radius 1 is 1.23 bits per heavy atom. The number of benzene rings is 1. The third-order valence-electron chi connectivity index (χ3n) is 1.67. The lowest BCUT2D eigenvalue weighted by atomic mass is 9.96. The molecule has 0 aliphatic rings. The van der Waals surface area contributed by atoms with Crippen LogP contribution in [0.15, 0.2) is 12.1 Å². The van der Waals surface area contributed by atoms with Gasteiger partial charge in [-0.2, -0.15) is 0 Å². The highest BCUT2D eigenvalue weighted by Crippen LogP contribution is 2.35. The molecule has 0 aromatic heterocycles. The Morgan fingerprint density at radius 3 is 2.23 bits per heavy atom. The van der Waals surface area contributed by atoms with Gasteiger partial charge in [-0.05, 0) is 19.4 Å². The Kier molecular flexibility index (Phi) is 2.62. The van der Waals surface area contributed by atoms with Crippen LogP contribution < -0.4 is 10.8 Å². The van der Waals surface area contributed by atoms with Crippen LogP contribution in [0.5, 0.6) is 0 Å². The average Bonchev–Trinajstić information content (AvgIpc) is 1.98. The lowest BCUT2D eigenvalue weighted by molar-refractivity contribution is 0.518. The molecule has 13 heavy (non-hydrogen) atoms. The van der Waals surface area contributed by atoms with Gasteiger partial charge < -0.3 is 4.57 Å². The molecule has 0 aliphatic heterocycles. The largest absolute Gasteiger partial charge is 0.319 e. The van der Waals surface area contributed by atoms with Gasteiger partial charge in [0.25, 0.3) is 0 Å². The van der Waals surface area contributed by atoms with E-state index in [9.17, 15) is 13.3 Å². The van der Waals surface area contributed by atoms with Crippen LogP contribution in [0.1, 0.15) is 0 Å². The molecule has 0 bridgehead atoms. The van der Waals surface area contributed by atoms with Gasteiger partial charge in [0.15, 0.2) is 11.6 Å². The molecule has 0 fully saturated rings. The SMILES string of the molecule is [B]c1ccc(P(C)(C)=O)c(F)c1F. The molecule has 1 rings (SSSR count). The molecule has 0 N–H and O–H groups in total. The summed E-state index contributed by atoms with van der Waals surface area (Å²) >= 11 is 0. The first-order valence-corrected chi connectivity index (χ1v) is 6.23. The van der Waals surface area contributed by atoms with Gasteiger partial charge in [0.1, 0.15) is 15.0 Å². The van der Waals surface area contributed by atoms with E-state index in [1.165, 1.54) is 25.5 Å². The summed E-state index contributed by atoms with van der Waals surface area (Å²) < 4.78 is 37.5. The summed E-state index contributed by atoms with van der Waals surface area (Å²) in [7, 11) is 2.36. The molecule has 5 heteroatoms. The van der Waals surface area contributed by atoms with Crippen LogP contribution in [0.2, 0.25) is 0 Å². The van der Waals surface area contributed by atoms with E-state index in [0.717, 1.165) is 0 Å². The zero-order valence-corrected chi connectivity index (χ0v) is 8.24. The average molecular weight is 200 g/mol. The van der Waals surface area contributed by atoms with E-state index in [2.05, 4.69) is 0 Å². The van der Waals surface area contributed by atoms with Crippen molar-refractivity contribution < 1.29 is 13.3 Å². The first-order chi connectivity index (χ1) is 5.84. The van der Waals surface area contributed by atoms with Crippen molar-refractivity contribution >= 4 is 25.8 Å². The Hall–Kier alpha value is -0.625. The summed E-state index contributed by atoms with van der Waals surface area (Å²) in [6.45, 7) is 2.75. The third-order valence-corrected chi connectivity index (χ3v) is 3.18. The Morgan fingerprint density at radius 2 is 1.77 bits per heavy atom. The number of hydrogen-bond acceptors (Lipinski definition) is 1. The van der Waals surface area contributed by atoms with Crippen molar-refractivity contribution in [2.45, 2.75) is 0 Å². The van der Waals surface area contributed by atoms with Crippen molar-refractivity contribution in [3.63, 3.8) is 0 Å². The van der Waals surface area contributed by atoms with Crippen LogP contribution in [-0.4, -0.2) is 21.2 Å². The lowest BCUT2D eigenvalue weighted by Crippen LogP contribution is -2.20. The van der Waals surface area contributed by atoms with Crippen molar-refractivity contribution in [2.24, 2.45) is 0 Å². The summed E-state index contributed by atoms with van der Waals surface area (Å²) in [4.78, 5) is 0. The maximum Gasteiger partial charge on any atom is 0.168 e. The fraction of sp³-hybridized carbons (Fsp3) is 0.250. The van der Waals surface area contributed by atoms with E-state index in [4.69, 9.17) is 7.85 Å². The van der Waals surface area contributed by atoms with Crippen LogP contribution >= 0.6 is 7.14 Å². The fourth-order valence-electron chi connectivity index (χ4n) is 0.970. The highest BCUT2D eigenvalue weighted by atomic mass is 31.2. The smallest absolute Gasteiger partial charge is 0.168 e. The van der Waals surface area contributed by atoms with Gasteiger partial charge in [-0.3, -0.25) is 0 Å². The molecule has 0 spiro atoms. The minimum Gasteiger partial charge on any atom is -0.319 e. The minimum absolute atomic E-state index is 0.0980. The molecule has 1 nitrogen and oxygen atoms in total. The molecule has 0 atom stereocenters. The van der Waals surface area contributed by atoms with Gasteiger partial charge in [0, 0.05) is 5.30 Å². The first-order valence-electron chi connectivity index (χ1n) is 3.63. The van der Waals surface area contributed by atoms with E-state index in [0.29, 0.717) is 0 Å². The van der Waals surface area contributed by atoms with Crippen LogP contribution in [0.3, 0.4) is 0 Å². The second-order valence-electron chi connectivity index (χ2n) is 3.15. The predicted molar refractivity (Wildman–Crippen MR) is 50.8 cm³/mol. The quantitative estimate of drug-likeness (QED) is 0.488. The normalized spacial score (nSPS) is 11.7. The van der Waals surface area contributed by atoms with Gasteiger partial charge in [-0.25, -0.2) is 8.78 Å². The summed E-state index contributed by atoms with van der Waals surface area (Å²) in [5, 5.41) is -0.0980. The zero-order valence-electron chi connectivity index (χ0n) is 7.34. The molecule has 0 saturated heterocycles. The maximum atomic E-state index is 13.1. The van der Waals surface area contributed by atoms with Crippen molar-refractivity contribution in [3.8, 4) is 0 Å². The number of hydrogen-bond donors (Lipinski definition) is 0. The molecule has 2 radical (unpaired) electrons. The molecule has 1 aromatic carbocycles. The molecule has 68 valence electrons. The second-order valence-corrected chi connectivity index (χ2v) is 6.34. The van der Waals surface area contributed by atoms with Crippen molar-refractivity contribution in [1.29, 1.82) is 0 Å². The van der Waals surface area contributed by atoms with E-state index < -0.39 is 18.8 Å². The maximum absolute atomic E-state index is 13.1. The molecule has 0 amide bonds. The fourth-order valence-corrected chi connectivity index (χ4v) is 1.97. The second kappa shape index (κ2) is 3.26. The summed E-state index contributed by atoms with van der Waals surface area (Å²) in [5.41, 5.74) is -0.269. The number of rotatable bonds is 1. The van der Waals surface area contributed by atoms with Crippen molar-refractivity contribution in [1.82, 2.24) is 0 Å². The third kappa shape index (κ3) is 2.00. The van der Waals surface area contributed by atoms with Crippen LogP contribution in [-0.2, 0) is 4.57 Å². The van der Waals surface area contributed by atoms with Crippen LogP contribution in [0, 0.1) is 11.6 Å². The van der Waals surface area contributed by atoms with Crippen LogP contribution in [0.4, 0.5) is 8.78 Å². The molecule has 0 heterocycles. The molecule has 0 saturated carbocycles.